The van der Waals surface area contributed by atoms with Gasteiger partial charge in [-0.15, -0.1) is 11.3 Å². The Balaban J connectivity index is 1.57. The fourth-order valence-electron chi connectivity index (χ4n) is 3.55. The van der Waals surface area contributed by atoms with E-state index in [9.17, 15) is 9.59 Å². The molecule has 8 nitrogen and oxygen atoms in total. The first-order valence-electron chi connectivity index (χ1n) is 12.2. The average Bonchev–Trinajstić information content (AvgIpc) is 3.32. The van der Waals surface area contributed by atoms with E-state index >= 15 is 0 Å². The predicted octanol–water partition coefficient (Wildman–Crippen LogP) is 7.18. The number of anilines is 2. The molecule has 2 aromatic carbocycles. The van der Waals surface area contributed by atoms with Crippen LogP contribution >= 0.6 is 23.3 Å². The van der Waals surface area contributed by atoms with Crippen LogP contribution in [0.3, 0.4) is 0 Å². The Kier molecular flexibility index (Phi) is 8.41. The molecule has 196 valence electrons. The van der Waals surface area contributed by atoms with E-state index in [4.69, 9.17) is 9.47 Å². The zero-order chi connectivity index (χ0) is 26.6. The first-order chi connectivity index (χ1) is 17.6. The minimum Gasteiger partial charge on any atom is -0.449 e. The molecular formula is C27H32N4O4S2. The highest BCUT2D eigenvalue weighted by molar-refractivity contribution is 7.97. The van der Waals surface area contributed by atoms with E-state index < -0.39 is 6.09 Å². The molecule has 1 saturated heterocycles. The van der Waals surface area contributed by atoms with Crippen LogP contribution in [0.5, 0.6) is 0 Å². The van der Waals surface area contributed by atoms with Crippen LogP contribution < -0.4 is 14.9 Å². The van der Waals surface area contributed by atoms with Crippen LogP contribution in [0.25, 0.3) is 21.0 Å². The Hall–Kier alpha value is -3.08. The first-order valence-corrected chi connectivity index (χ1v) is 13.8. The molecule has 0 aliphatic carbocycles. The second-order valence-electron chi connectivity index (χ2n) is 9.94. The van der Waals surface area contributed by atoms with Gasteiger partial charge in [0.2, 0.25) is 0 Å². The Bertz CT molecular complexity index is 1250. The van der Waals surface area contributed by atoms with E-state index in [0.717, 1.165) is 38.0 Å². The second kappa shape index (κ2) is 11.5. The highest BCUT2D eigenvalue weighted by Crippen LogP contribution is 2.39. The number of nitrogens with one attached hydrogen (secondary N) is 2. The van der Waals surface area contributed by atoms with Gasteiger partial charge in [-0.25, -0.2) is 14.6 Å². The molecule has 10 heteroatoms. The highest BCUT2D eigenvalue weighted by atomic mass is 32.2. The predicted molar refractivity (Wildman–Crippen MR) is 150 cm³/mol. The summed E-state index contributed by atoms with van der Waals surface area (Å²) in [6, 6.07) is 13.5. The van der Waals surface area contributed by atoms with Crippen molar-refractivity contribution in [3.05, 3.63) is 48.7 Å². The first kappa shape index (κ1) is 27.0. The van der Waals surface area contributed by atoms with Gasteiger partial charge < -0.3 is 9.47 Å². The van der Waals surface area contributed by atoms with Crippen LogP contribution in [-0.2, 0) is 9.47 Å². The Labute approximate surface area is 225 Å². The summed E-state index contributed by atoms with van der Waals surface area (Å²) < 4.78 is 13.9. The number of thiazole rings is 1. The van der Waals surface area contributed by atoms with Crippen LogP contribution in [0.1, 0.15) is 41.0 Å². The minimum atomic E-state index is -0.477. The molecule has 1 aromatic heterocycles. The lowest BCUT2D eigenvalue weighted by atomic mass is 10.1. The third kappa shape index (κ3) is 7.24. The summed E-state index contributed by atoms with van der Waals surface area (Å²) in [7, 11) is 0. The van der Waals surface area contributed by atoms with Gasteiger partial charge in [0, 0.05) is 45.7 Å². The summed E-state index contributed by atoms with van der Waals surface area (Å²) in [6.45, 7) is 11.0. The van der Waals surface area contributed by atoms with E-state index in [-0.39, 0.29) is 17.7 Å². The molecule has 3 aromatic rings. The number of nitrogens with zero attached hydrogens (tertiary/aromatic N) is 2. The maximum atomic E-state index is 12.3. The lowest BCUT2D eigenvalue weighted by Gasteiger charge is -2.27. The number of carbonyl (C=O) groups excluding carboxylic acids is 2. The molecule has 1 aliphatic rings. The molecule has 37 heavy (non-hydrogen) atoms. The summed E-state index contributed by atoms with van der Waals surface area (Å²) in [5, 5.41) is 3.60. The van der Waals surface area contributed by atoms with Gasteiger partial charge in [-0.3, -0.25) is 14.9 Å². The van der Waals surface area contributed by atoms with Crippen LogP contribution in [-0.4, -0.2) is 42.0 Å². The summed E-state index contributed by atoms with van der Waals surface area (Å²) >= 11 is 3.13. The molecule has 4 rings (SSSR count). The fourth-order valence-corrected chi connectivity index (χ4v) is 5.46. The summed E-state index contributed by atoms with van der Waals surface area (Å²) in [6.07, 6.45) is 1.71. The Morgan fingerprint density at radius 1 is 1.19 bits per heavy atom. The van der Waals surface area contributed by atoms with Crippen LogP contribution in [0.15, 0.2) is 53.6 Å². The molecule has 2 amide bonds. The van der Waals surface area contributed by atoms with E-state index in [0.29, 0.717) is 18.8 Å². The fraction of sp³-hybridized carbons (Fsp3) is 0.370. The highest BCUT2D eigenvalue weighted by Gasteiger charge is 2.23. The molecule has 1 fully saturated rings. The normalized spacial score (nSPS) is 14.0. The van der Waals surface area contributed by atoms with Crippen molar-refractivity contribution in [1.29, 1.82) is 0 Å². The molecular weight excluding hydrogens is 508 g/mol. The van der Waals surface area contributed by atoms with E-state index in [1.165, 1.54) is 0 Å². The Morgan fingerprint density at radius 2 is 1.95 bits per heavy atom. The van der Waals surface area contributed by atoms with Gasteiger partial charge in [-0.1, -0.05) is 6.07 Å². The Morgan fingerprint density at radius 3 is 2.62 bits per heavy atom. The zero-order valence-electron chi connectivity index (χ0n) is 21.7. The van der Waals surface area contributed by atoms with Crippen molar-refractivity contribution in [2.24, 2.45) is 0 Å². The monoisotopic (exact) mass is 540 g/mol. The van der Waals surface area contributed by atoms with Gasteiger partial charge in [-0.05, 0) is 89.4 Å². The van der Waals surface area contributed by atoms with Crippen LogP contribution in [0.2, 0.25) is 0 Å². The van der Waals surface area contributed by atoms with E-state index in [1.54, 1.807) is 42.0 Å². The lowest BCUT2D eigenvalue weighted by Crippen LogP contribution is -2.37. The number of benzene rings is 2. The van der Waals surface area contributed by atoms with Crippen molar-refractivity contribution in [2.75, 3.05) is 23.4 Å². The lowest BCUT2D eigenvalue weighted by molar-refractivity contribution is 0.130. The molecule has 0 unspecified atom stereocenters. The van der Waals surface area contributed by atoms with Crippen molar-refractivity contribution in [1.82, 2.24) is 9.71 Å². The molecule has 0 spiro atoms. The number of hydrogen-bond donors (Lipinski definition) is 2. The SMILES string of the molecule is CC(C)OC(=O)Nc1ccc(-c2ncc(-c3ccc(N4CCCOC4=O)cc3SNC(C)(C)C)s2)cc1. The third-order valence-electron chi connectivity index (χ3n) is 5.21. The van der Waals surface area contributed by atoms with Crippen LogP contribution in [0, 0.1) is 0 Å². The van der Waals surface area contributed by atoms with Gasteiger partial charge in [0.05, 0.1) is 17.6 Å². The molecule has 0 saturated carbocycles. The quantitative estimate of drug-likeness (QED) is 0.307. The van der Waals surface area contributed by atoms with Crippen molar-refractivity contribution in [2.45, 2.75) is 57.6 Å². The van der Waals surface area contributed by atoms with E-state index in [1.807, 2.05) is 48.7 Å². The second-order valence-corrected chi connectivity index (χ2v) is 11.8. The number of carbonyl (C=O) groups is 2. The van der Waals surface area contributed by atoms with Crippen molar-refractivity contribution >= 4 is 46.8 Å². The van der Waals surface area contributed by atoms with Crippen molar-refractivity contribution in [3.63, 3.8) is 0 Å². The van der Waals surface area contributed by atoms with Gasteiger partial charge in [0.25, 0.3) is 0 Å². The standard InChI is InChI=1S/C27H32N4O4S2/c1-17(2)35-25(32)29-19-9-7-18(8-10-19)24-28-16-23(36-24)21-12-11-20(31-13-6-14-34-26(31)33)15-22(21)37-30-27(3,4)5/h7-12,15-17,30H,6,13-14H2,1-5H3,(H,29,32). The van der Waals surface area contributed by atoms with Crippen molar-refractivity contribution < 1.29 is 19.1 Å². The van der Waals surface area contributed by atoms with Gasteiger partial charge in [-0.2, -0.15) is 0 Å². The number of ether oxygens (including phenoxy) is 2. The average molecular weight is 541 g/mol. The van der Waals surface area contributed by atoms with Crippen LogP contribution in [0.4, 0.5) is 21.0 Å². The third-order valence-corrected chi connectivity index (χ3v) is 7.56. The van der Waals surface area contributed by atoms with Gasteiger partial charge in [0.15, 0.2) is 0 Å². The number of cyclic esters (lactones) is 1. The van der Waals surface area contributed by atoms with Crippen molar-refractivity contribution in [3.8, 4) is 21.0 Å². The molecule has 0 bridgehead atoms. The largest absolute Gasteiger partial charge is 0.449 e. The number of hydrogen-bond acceptors (Lipinski definition) is 8. The topological polar surface area (TPSA) is 92.8 Å². The summed E-state index contributed by atoms with van der Waals surface area (Å²) in [5.41, 5.74) is 3.36. The molecule has 0 radical (unpaired) electrons. The molecule has 0 atom stereocenters. The maximum absolute atomic E-state index is 12.3. The summed E-state index contributed by atoms with van der Waals surface area (Å²) in [4.78, 5) is 32.5. The molecule has 2 N–H and O–H groups in total. The maximum Gasteiger partial charge on any atom is 0.414 e. The minimum absolute atomic E-state index is 0.0990. The van der Waals surface area contributed by atoms with Gasteiger partial charge in [0.1, 0.15) is 5.01 Å². The number of amides is 2. The zero-order valence-corrected chi connectivity index (χ0v) is 23.3. The molecule has 2 heterocycles. The smallest absolute Gasteiger partial charge is 0.414 e. The number of aromatic nitrogens is 1. The molecule has 1 aliphatic heterocycles. The summed E-state index contributed by atoms with van der Waals surface area (Å²) in [5.74, 6) is 0. The van der Waals surface area contributed by atoms with E-state index in [2.05, 4.69) is 35.8 Å². The van der Waals surface area contributed by atoms with Gasteiger partial charge >= 0.3 is 12.2 Å². The number of rotatable bonds is 7.